The van der Waals surface area contributed by atoms with Gasteiger partial charge in [0.15, 0.2) is 0 Å². The second-order valence-electron chi connectivity index (χ2n) is 7.54. The van der Waals surface area contributed by atoms with Crippen LogP contribution < -0.4 is 16.4 Å². The number of halogens is 1. The summed E-state index contributed by atoms with van der Waals surface area (Å²) in [7, 11) is 0. The van der Waals surface area contributed by atoms with Gasteiger partial charge in [0, 0.05) is 30.1 Å². The van der Waals surface area contributed by atoms with Crippen LogP contribution in [0.3, 0.4) is 0 Å². The van der Waals surface area contributed by atoms with Crippen molar-refractivity contribution in [3.05, 3.63) is 47.7 Å². The van der Waals surface area contributed by atoms with E-state index in [9.17, 15) is 9.18 Å². The summed E-state index contributed by atoms with van der Waals surface area (Å²) in [4.78, 5) is 15.1. The number of amides is 2. The molecule has 0 aliphatic heterocycles. The molecule has 4 rings (SSSR count). The van der Waals surface area contributed by atoms with Crippen molar-refractivity contribution >= 4 is 11.8 Å². The first-order chi connectivity index (χ1) is 13.1. The van der Waals surface area contributed by atoms with Crippen LogP contribution in [0.1, 0.15) is 49.4 Å². The first-order valence-electron chi connectivity index (χ1n) is 9.30. The average molecular weight is 370 g/mol. The lowest BCUT2D eigenvalue weighted by atomic mass is 9.66. The van der Waals surface area contributed by atoms with Crippen molar-refractivity contribution in [2.24, 2.45) is 5.73 Å². The van der Waals surface area contributed by atoms with Crippen LogP contribution in [0.4, 0.5) is 15.0 Å². The molecule has 2 aliphatic rings. The highest BCUT2D eigenvalue weighted by Crippen LogP contribution is 2.43. The highest BCUT2D eigenvalue weighted by atomic mass is 19.1. The molecule has 142 valence electrons. The van der Waals surface area contributed by atoms with Gasteiger partial charge in [-0.3, -0.25) is 4.98 Å². The van der Waals surface area contributed by atoms with Crippen molar-refractivity contribution < 1.29 is 9.18 Å². The van der Waals surface area contributed by atoms with Crippen LogP contribution in [-0.2, 0) is 5.41 Å². The third kappa shape index (κ3) is 3.56. The number of hydrogen-bond donors (Lipinski definition) is 3. The summed E-state index contributed by atoms with van der Waals surface area (Å²) in [5.41, 5.74) is 6.31. The number of carbonyl (C=O) groups excluding carboxylic acids is 1. The topological polar surface area (TPSA) is 106 Å². The smallest absolute Gasteiger partial charge is 0.312 e. The van der Waals surface area contributed by atoms with Gasteiger partial charge in [-0.1, -0.05) is 6.42 Å². The Labute approximate surface area is 157 Å². The third-order valence-corrected chi connectivity index (χ3v) is 5.77. The highest BCUT2D eigenvalue weighted by molar-refractivity contribution is 5.72. The quantitative estimate of drug-likeness (QED) is 0.724. The molecule has 8 heteroatoms. The van der Waals surface area contributed by atoms with E-state index in [2.05, 4.69) is 25.8 Å². The molecule has 2 amide bonds. The van der Waals surface area contributed by atoms with E-state index in [1.165, 1.54) is 6.07 Å². The molecule has 7 nitrogen and oxygen atoms in total. The molecule has 0 spiro atoms. The predicted octanol–water partition coefficient (Wildman–Crippen LogP) is 2.46. The average Bonchev–Trinajstić information content (AvgIpc) is 2.59. The molecule has 2 aromatic rings. The fourth-order valence-electron chi connectivity index (χ4n) is 3.97. The molecule has 0 radical (unpaired) electrons. The number of nitrogens with two attached hydrogens (primary N) is 1. The molecule has 0 unspecified atom stereocenters. The van der Waals surface area contributed by atoms with Gasteiger partial charge in [0.25, 0.3) is 0 Å². The Bertz CT molecular complexity index is 817. The fraction of sp³-hybridized carbons (Fsp3) is 0.474. The number of rotatable bonds is 6. The Balaban J connectivity index is 1.35. The SMILES string of the molecule is NC(=O)N[C@H]1C[C@H](c2ccc(NCC3(c4ncccc4F)CCC3)nn2)C1. The maximum Gasteiger partial charge on any atom is 0.312 e. The molecule has 0 atom stereocenters. The van der Waals surface area contributed by atoms with Crippen LogP contribution in [0.2, 0.25) is 0 Å². The van der Waals surface area contributed by atoms with Crippen LogP contribution in [-0.4, -0.2) is 33.8 Å². The number of nitrogens with one attached hydrogen (secondary N) is 2. The van der Waals surface area contributed by atoms with Gasteiger partial charge in [-0.25, -0.2) is 9.18 Å². The van der Waals surface area contributed by atoms with Crippen molar-refractivity contribution in [3.8, 4) is 0 Å². The summed E-state index contributed by atoms with van der Waals surface area (Å²) >= 11 is 0. The van der Waals surface area contributed by atoms with E-state index >= 15 is 0 Å². The van der Waals surface area contributed by atoms with Gasteiger partial charge in [-0.2, -0.15) is 5.10 Å². The van der Waals surface area contributed by atoms with Crippen molar-refractivity contribution in [1.29, 1.82) is 0 Å². The number of nitrogens with zero attached hydrogens (tertiary/aromatic N) is 3. The zero-order valence-corrected chi connectivity index (χ0v) is 15.0. The number of anilines is 1. The van der Waals surface area contributed by atoms with Gasteiger partial charge in [0.2, 0.25) is 0 Å². The van der Waals surface area contributed by atoms with Crippen LogP contribution in [0, 0.1) is 5.82 Å². The lowest BCUT2D eigenvalue weighted by Crippen LogP contribution is -2.45. The zero-order valence-electron chi connectivity index (χ0n) is 15.0. The van der Waals surface area contributed by atoms with Crippen LogP contribution >= 0.6 is 0 Å². The maximum atomic E-state index is 14.2. The first kappa shape index (κ1) is 17.6. The fourth-order valence-corrected chi connectivity index (χ4v) is 3.97. The number of hydrogen-bond acceptors (Lipinski definition) is 5. The summed E-state index contributed by atoms with van der Waals surface area (Å²) in [6.45, 7) is 0.586. The van der Waals surface area contributed by atoms with Crippen LogP contribution in [0.25, 0.3) is 0 Å². The molecule has 2 heterocycles. The summed E-state index contributed by atoms with van der Waals surface area (Å²) < 4.78 is 14.2. The predicted molar refractivity (Wildman–Crippen MR) is 98.7 cm³/mol. The Morgan fingerprint density at radius 2 is 2.07 bits per heavy atom. The summed E-state index contributed by atoms with van der Waals surface area (Å²) in [5, 5.41) is 14.6. The van der Waals surface area contributed by atoms with Gasteiger partial charge in [-0.05, 0) is 49.9 Å². The molecule has 2 aromatic heterocycles. The van der Waals surface area contributed by atoms with E-state index in [1.54, 1.807) is 12.3 Å². The monoisotopic (exact) mass is 370 g/mol. The lowest BCUT2D eigenvalue weighted by Gasteiger charge is -2.41. The largest absolute Gasteiger partial charge is 0.368 e. The number of carbonyl (C=O) groups is 1. The molecule has 2 aliphatic carbocycles. The van der Waals surface area contributed by atoms with Gasteiger partial charge in [-0.15, -0.1) is 5.10 Å². The molecule has 27 heavy (non-hydrogen) atoms. The number of pyridine rings is 1. The number of urea groups is 1. The Hall–Kier alpha value is -2.77. The lowest BCUT2D eigenvalue weighted by molar-refractivity contribution is 0.229. The normalized spacial score (nSPS) is 23.0. The standard InChI is InChI=1S/C19H23FN6O/c20-14-3-1-8-22-17(14)19(6-2-7-19)11-23-16-5-4-15(25-26-16)12-9-13(10-12)24-18(21)27/h1,3-5,8,12-13H,2,6-7,9-11H2,(H,23,26)(H3,21,24,27)/t12-,13-. The molecule has 2 saturated carbocycles. The summed E-state index contributed by atoms with van der Waals surface area (Å²) in [6.07, 6.45) is 6.20. The minimum Gasteiger partial charge on any atom is -0.368 e. The highest BCUT2D eigenvalue weighted by Gasteiger charge is 2.41. The minimum atomic E-state index is -0.488. The van der Waals surface area contributed by atoms with Crippen molar-refractivity contribution in [2.45, 2.75) is 49.5 Å². The van der Waals surface area contributed by atoms with E-state index in [4.69, 9.17) is 5.73 Å². The van der Waals surface area contributed by atoms with Gasteiger partial charge < -0.3 is 16.4 Å². The number of aromatic nitrogens is 3. The zero-order chi connectivity index (χ0) is 18.9. The van der Waals surface area contributed by atoms with Gasteiger partial charge in [0.1, 0.15) is 11.6 Å². The molecule has 0 bridgehead atoms. The molecule has 0 aromatic carbocycles. The van der Waals surface area contributed by atoms with Crippen molar-refractivity contribution in [3.63, 3.8) is 0 Å². The Kier molecular flexibility index (Phi) is 4.63. The number of primary amides is 1. The minimum absolute atomic E-state index is 0.124. The molecular weight excluding hydrogens is 347 g/mol. The molecule has 0 saturated heterocycles. The first-order valence-corrected chi connectivity index (χ1v) is 9.30. The Morgan fingerprint density at radius 3 is 2.67 bits per heavy atom. The summed E-state index contributed by atoms with van der Waals surface area (Å²) in [6, 6.07) is 6.58. The van der Waals surface area contributed by atoms with E-state index in [0.29, 0.717) is 24.0 Å². The van der Waals surface area contributed by atoms with Crippen LogP contribution in [0.15, 0.2) is 30.5 Å². The second kappa shape index (κ2) is 7.09. The van der Waals surface area contributed by atoms with Gasteiger partial charge >= 0.3 is 6.03 Å². The van der Waals surface area contributed by atoms with E-state index in [-0.39, 0.29) is 17.3 Å². The summed E-state index contributed by atoms with van der Waals surface area (Å²) in [5.74, 6) is 0.723. The molecule has 4 N–H and O–H groups in total. The molecular formula is C19H23FN6O. The third-order valence-electron chi connectivity index (χ3n) is 5.77. The van der Waals surface area contributed by atoms with Crippen LogP contribution in [0.5, 0.6) is 0 Å². The van der Waals surface area contributed by atoms with Gasteiger partial charge in [0.05, 0.1) is 11.4 Å². The van der Waals surface area contributed by atoms with E-state index in [1.807, 2.05) is 12.1 Å². The van der Waals surface area contributed by atoms with Crippen molar-refractivity contribution in [1.82, 2.24) is 20.5 Å². The van der Waals surface area contributed by atoms with Crippen molar-refractivity contribution in [2.75, 3.05) is 11.9 Å². The maximum absolute atomic E-state index is 14.2. The van der Waals surface area contributed by atoms with E-state index in [0.717, 1.165) is 37.8 Å². The molecule has 2 fully saturated rings. The van der Waals surface area contributed by atoms with E-state index < -0.39 is 6.03 Å². The Morgan fingerprint density at radius 1 is 1.26 bits per heavy atom. The second-order valence-corrected chi connectivity index (χ2v) is 7.54.